The van der Waals surface area contributed by atoms with Crippen molar-refractivity contribution in [2.75, 3.05) is 41.4 Å². The molecule has 1 aromatic carbocycles. The van der Waals surface area contributed by atoms with Gasteiger partial charge in [-0.3, -0.25) is 9.36 Å². The lowest BCUT2D eigenvalue weighted by atomic mass is 10.1. The normalized spacial score (nSPS) is 18.3. The molecule has 2 aromatic rings. The molecule has 4 rings (SSSR count). The molecular formula is C21H27N7O. The van der Waals surface area contributed by atoms with Crippen molar-refractivity contribution in [1.29, 1.82) is 5.26 Å². The minimum Gasteiger partial charge on any atom is -0.360 e. The van der Waals surface area contributed by atoms with Gasteiger partial charge in [0.1, 0.15) is 5.69 Å². The smallest absolute Gasteiger partial charge is 0.280 e. The number of piperidine rings is 1. The number of rotatable bonds is 5. The molecule has 0 unspecified atom stereocenters. The van der Waals surface area contributed by atoms with Crippen LogP contribution in [0.15, 0.2) is 29.1 Å². The topological polar surface area (TPSA) is 103 Å². The summed E-state index contributed by atoms with van der Waals surface area (Å²) in [5.74, 6) is 1.36. The van der Waals surface area contributed by atoms with Crippen LogP contribution in [0, 0.1) is 11.3 Å². The van der Waals surface area contributed by atoms with Crippen molar-refractivity contribution < 1.29 is 0 Å². The van der Waals surface area contributed by atoms with Crippen LogP contribution in [-0.4, -0.2) is 41.9 Å². The molecule has 3 N–H and O–H groups in total. The van der Waals surface area contributed by atoms with Crippen molar-refractivity contribution in [3.8, 4) is 6.07 Å². The molecule has 2 aliphatic heterocycles. The summed E-state index contributed by atoms with van der Waals surface area (Å²) in [5, 5.41) is 12.7. The van der Waals surface area contributed by atoms with E-state index in [4.69, 9.17) is 10.7 Å². The molecule has 0 aliphatic carbocycles. The second kappa shape index (κ2) is 8.13. The van der Waals surface area contributed by atoms with E-state index in [1.807, 2.05) is 18.2 Å². The minimum atomic E-state index is -0.101. The maximum Gasteiger partial charge on any atom is 0.280 e. The number of fused-ring (bicyclic) bond motifs is 1. The molecule has 8 heteroatoms. The first-order valence-electron chi connectivity index (χ1n) is 10.2. The summed E-state index contributed by atoms with van der Waals surface area (Å²) >= 11 is 0. The average molecular weight is 393 g/mol. The van der Waals surface area contributed by atoms with Crippen LogP contribution >= 0.6 is 0 Å². The molecule has 2 aliphatic rings. The Kier molecular flexibility index (Phi) is 5.41. The van der Waals surface area contributed by atoms with E-state index in [9.17, 15) is 10.1 Å². The molecule has 0 saturated carbocycles. The Morgan fingerprint density at radius 3 is 2.97 bits per heavy atom. The molecule has 1 aromatic heterocycles. The monoisotopic (exact) mass is 393 g/mol. The molecule has 1 saturated heterocycles. The number of hydrogen-bond donors (Lipinski definition) is 2. The van der Waals surface area contributed by atoms with Crippen molar-refractivity contribution in [3.63, 3.8) is 0 Å². The van der Waals surface area contributed by atoms with Gasteiger partial charge >= 0.3 is 0 Å². The van der Waals surface area contributed by atoms with Crippen molar-refractivity contribution in [2.45, 2.75) is 38.8 Å². The number of anilines is 3. The fourth-order valence-electron chi connectivity index (χ4n) is 4.13. The van der Waals surface area contributed by atoms with E-state index in [2.05, 4.69) is 28.1 Å². The Balaban J connectivity index is 1.82. The summed E-state index contributed by atoms with van der Waals surface area (Å²) in [5.41, 5.74) is 8.03. The zero-order valence-electron chi connectivity index (χ0n) is 16.8. The van der Waals surface area contributed by atoms with Gasteiger partial charge in [0, 0.05) is 25.7 Å². The van der Waals surface area contributed by atoms with Crippen molar-refractivity contribution in [3.05, 3.63) is 45.7 Å². The van der Waals surface area contributed by atoms with Gasteiger partial charge in [-0.2, -0.15) is 10.2 Å². The van der Waals surface area contributed by atoms with Gasteiger partial charge in [-0.25, -0.2) is 0 Å². The molecule has 0 amide bonds. The summed E-state index contributed by atoms with van der Waals surface area (Å²) in [7, 11) is 0. The summed E-state index contributed by atoms with van der Waals surface area (Å²) in [4.78, 5) is 22.6. The van der Waals surface area contributed by atoms with Crippen LogP contribution in [-0.2, 0) is 6.54 Å². The Bertz CT molecular complexity index is 993. The van der Waals surface area contributed by atoms with Crippen molar-refractivity contribution in [1.82, 2.24) is 9.55 Å². The first kappa shape index (κ1) is 19.3. The van der Waals surface area contributed by atoms with Gasteiger partial charge in [0.2, 0.25) is 5.95 Å². The van der Waals surface area contributed by atoms with Crippen LogP contribution < -0.4 is 26.4 Å². The van der Waals surface area contributed by atoms with Crippen LogP contribution in [0.1, 0.15) is 37.3 Å². The lowest BCUT2D eigenvalue weighted by Gasteiger charge is -2.33. The molecule has 0 spiro atoms. The quantitative estimate of drug-likeness (QED) is 0.797. The van der Waals surface area contributed by atoms with Gasteiger partial charge in [-0.15, -0.1) is 0 Å². The Hall–Kier alpha value is -3.05. The second-order valence-corrected chi connectivity index (χ2v) is 7.72. The van der Waals surface area contributed by atoms with Gasteiger partial charge < -0.3 is 20.9 Å². The molecule has 152 valence electrons. The lowest BCUT2D eigenvalue weighted by molar-refractivity contribution is 0.491. The molecule has 1 fully saturated rings. The first-order valence-corrected chi connectivity index (χ1v) is 10.2. The highest BCUT2D eigenvalue weighted by atomic mass is 16.1. The molecule has 0 bridgehead atoms. The Morgan fingerprint density at radius 1 is 1.38 bits per heavy atom. The first-order chi connectivity index (χ1) is 14.1. The van der Waals surface area contributed by atoms with Crippen LogP contribution in [0.4, 0.5) is 17.5 Å². The summed E-state index contributed by atoms with van der Waals surface area (Å²) < 4.78 is 1.69. The van der Waals surface area contributed by atoms with E-state index in [1.165, 1.54) is 0 Å². The minimum absolute atomic E-state index is 0.0682. The number of nitriles is 1. The highest BCUT2D eigenvalue weighted by Gasteiger charge is 2.29. The van der Waals surface area contributed by atoms with Crippen molar-refractivity contribution >= 4 is 17.5 Å². The number of hydrogen-bond acceptors (Lipinski definition) is 7. The number of nitrogens with zero attached hydrogens (tertiary/aromatic N) is 5. The van der Waals surface area contributed by atoms with Crippen LogP contribution in [0.25, 0.3) is 0 Å². The Morgan fingerprint density at radius 2 is 2.21 bits per heavy atom. The number of nitrogens with one attached hydrogen (secondary N) is 1. The molecule has 0 radical (unpaired) electrons. The number of aromatic nitrogens is 2. The zero-order chi connectivity index (χ0) is 20.4. The number of benzene rings is 1. The molecule has 1 atom stereocenters. The zero-order valence-corrected chi connectivity index (χ0v) is 16.8. The summed E-state index contributed by atoms with van der Waals surface area (Å²) in [6, 6.07) is 9.68. The van der Waals surface area contributed by atoms with Gasteiger partial charge in [0.25, 0.3) is 5.56 Å². The summed E-state index contributed by atoms with van der Waals surface area (Å²) in [6.07, 6.45) is 2.93. The summed E-state index contributed by atoms with van der Waals surface area (Å²) in [6.45, 7) is 5.34. The lowest BCUT2D eigenvalue weighted by Crippen LogP contribution is -2.45. The molecule has 8 nitrogen and oxygen atoms in total. The van der Waals surface area contributed by atoms with Crippen LogP contribution in [0.5, 0.6) is 0 Å². The van der Waals surface area contributed by atoms with Crippen LogP contribution in [0.3, 0.4) is 0 Å². The van der Waals surface area contributed by atoms with E-state index in [0.717, 1.165) is 43.7 Å². The third-order valence-corrected chi connectivity index (χ3v) is 5.58. The SMILES string of the molecule is CCCN1CNc2c1nc(N1CCC[C@@H](N)C1)n(Cc1ccccc1C#N)c2=O. The van der Waals surface area contributed by atoms with E-state index < -0.39 is 0 Å². The predicted molar refractivity (Wildman–Crippen MR) is 114 cm³/mol. The fraction of sp³-hybridized carbons (Fsp3) is 0.476. The molecule has 3 heterocycles. The van der Waals surface area contributed by atoms with E-state index in [0.29, 0.717) is 37.0 Å². The van der Waals surface area contributed by atoms with E-state index >= 15 is 0 Å². The maximum atomic E-state index is 13.5. The average Bonchev–Trinajstić information content (AvgIpc) is 3.13. The standard InChI is InChI=1S/C21H27N7O/c1-2-9-27-14-24-18-19(27)25-21(26-10-5-8-17(23)13-26)28(20(18)29)12-16-7-4-3-6-15(16)11-22/h3-4,6-7,17,24H,2,5,8-10,12-14,23H2,1H3/t17-/m1/s1. The fourth-order valence-corrected chi connectivity index (χ4v) is 4.13. The maximum absolute atomic E-state index is 13.5. The molecular weight excluding hydrogens is 366 g/mol. The van der Waals surface area contributed by atoms with Gasteiger partial charge in [0.05, 0.1) is 24.8 Å². The van der Waals surface area contributed by atoms with E-state index in [1.54, 1.807) is 10.6 Å². The molecule has 29 heavy (non-hydrogen) atoms. The number of nitrogens with two attached hydrogens (primary N) is 1. The Labute approximate surface area is 170 Å². The van der Waals surface area contributed by atoms with Gasteiger partial charge in [0.15, 0.2) is 5.82 Å². The van der Waals surface area contributed by atoms with Gasteiger partial charge in [-0.1, -0.05) is 25.1 Å². The highest BCUT2D eigenvalue weighted by molar-refractivity contribution is 5.71. The van der Waals surface area contributed by atoms with Crippen molar-refractivity contribution in [2.24, 2.45) is 5.73 Å². The highest BCUT2D eigenvalue weighted by Crippen LogP contribution is 2.30. The second-order valence-electron chi connectivity index (χ2n) is 7.72. The predicted octanol–water partition coefficient (Wildman–Crippen LogP) is 1.69. The van der Waals surface area contributed by atoms with Crippen LogP contribution in [0.2, 0.25) is 0 Å². The van der Waals surface area contributed by atoms with Gasteiger partial charge in [-0.05, 0) is 30.9 Å². The van der Waals surface area contributed by atoms with E-state index in [-0.39, 0.29) is 11.6 Å². The third-order valence-electron chi connectivity index (χ3n) is 5.58. The largest absolute Gasteiger partial charge is 0.360 e. The third kappa shape index (κ3) is 3.66.